The second-order valence-electron chi connectivity index (χ2n) is 2.89. The summed E-state index contributed by atoms with van der Waals surface area (Å²) < 4.78 is 5.00. The van der Waals surface area contributed by atoms with Crippen molar-refractivity contribution in [1.29, 1.82) is 0 Å². The fraction of sp³-hybridized carbons (Fsp3) is 0.875. The summed E-state index contributed by atoms with van der Waals surface area (Å²) in [4.78, 5) is 12.9. The van der Waals surface area contributed by atoms with Gasteiger partial charge in [-0.25, -0.2) is 4.79 Å². The molecule has 1 aliphatic rings. The summed E-state index contributed by atoms with van der Waals surface area (Å²) in [6.45, 7) is 7.71. The highest BCUT2D eigenvalue weighted by atomic mass is 16.6. The van der Waals surface area contributed by atoms with E-state index in [1.807, 2.05) is 0 Å². The van der Waals surface area contributed by atoms with Crippen molar-refractivity contribution in [3.8, 4) is 0 Å². The monoisotopic (exact) mass is 172 g/mol. The Kier molecular flexibility index (Phi) is 3.34. The highest BCUT2D eigenvalue weighted by Crippen LogP contribution is 2.02. The van der Waals surface area contributed by atoms with Gasteiger partial charge in [0.25, 0.3) is 0 Å². The number of nitrogens with one attached hydrogen (secondary N) is 1. The fourth-order valence-electron chi connectivity index (χ4n) is 1.30. The minimum atomic E-state index is -0.285. The van der Waals surface area contributed by atoms with Crippen molar-refractivity contribution >= 4 is 6.09 Å². The molecule has 1 unspecified atom stereocenters. The van der Waals surface area contributed by atoms with E-state index < -0.39 is 0 Å². The van der Waals surface area contributed by atoms with Crippen LogP contribution in [0.2, 0.25) is 0 Å². The third kappa shape index (κ3) is 2.37. The highest BCUT2D eigenvalue weighted by Gasteiger charge is 2.23. The average Bonchev–Trinajstić information content (AvgIpc) is 2.47. The third-order valence-corrected chi connectivity index (χ3v) is 2.10. The summed E-state index contributed by atoms with van der Waals surface area (Å²) in [5, 5.41) is 2.64. The first-order valence-corrected chi connectivity index (χ1v) is 4.43. The molecule has 0 bridgehead atoms. The van der Waals surface area contributed by atoms with Gasteiger partial charge in [0.2, 0.25) is 0 Å². The van der Waals surface area contributed by atoms with E-state index in [1.165, 1.54) is 0 Å². The van der Waals surface area contributed by atoms with Gasteiger partial charge in [0.1, 0.15) is 6.10 Å². The number of hydrogen-bond acceptors (Lipinski definition) is 3. The smallest absolute Gasteiger partial charge is 0.407 e. The van der Waals surface area contributed by atoms with Gasteiger partial charge in [0.05, 0.1) is 6.54 Å². The minimum absolute atomic E-state index is 0.0393. The molecule has 0 aromatic carbocycles. The van der Waals surface area contributed by atoms with Gasteiger partial charge in [0, 0.05) is 6.54 Å². The maximum Gasteiger partial charge on any atom is 0.407 e. The normalized spacial score (nSPS) is 22.6. The van der Waals surface area contributed by atoms with E-state index in [0.29, 0.717) is 6.54 Å². The third-order valence-electron chi connectivity index (χ3n) is 2.10. The lowest BCUT2D eigenvalue weighted by molar-refractivity contribution is 0.112. The van der Waals surface area contributed by atoms with E-state index in [2.05, 4.69) is 24.1 Å². The van der Waals surface area contributed by atoms with Crippen LogP contribution in [0.3, 0.4) is 0 Å². The molecule has 0 saturated carbocycles. The highest BCUT2D eigenvalue weighted by molar-refractivity contribution is 5.69. The average molecular weight is 172 g/mol. The maximum absolute atomic E-state index is 10.7. The van der Waals surface area contributed by atoms with Crippen LogP contribution in [-0.4, -0.2) is 43.3 Å². The zero-order valence-corrected chi connectivity index (χ0v) is 7.67. The molecule has 1 aliphatic heterocycles. The molecule has 0 aromatic heterocycles. The van der Waals surface area contributed by atoms with Crippen LogP contribution in [0.25, 0.3) is 0 Å². The number of carbonyl (C=O) groups excluding carboxylic acids is 1. The Labute approximate surface area is 72.9 Å². The number of alkyl carbamates (subject to hydrolysis) is 1. The molecule has 1 rings (SSSR count). The zero-order valence-electron chi connectivity index (χ0n) is 7.67. The molecule has 0 radical (unpaired) electrons. The molecular weight excluding hydrogens is 156 g/mol. The Bertz CT molecular complexity index is 157. The van der Waals surface area contributed by atoms with Gasteiger partial charge in [-0.15, -0.1) is 0 Å². The quantitative estimate of drug-likeness (QED) is 0.669. The number of hydrogen-bond donors (Lipinski definition) is 1. The van der Waals surface area contributed by atoms with Crippen molar-refractivity contribution < 1.29 is 9.53 Å². The molecule has 1 N–H and O–H groups in total. The van der Waals surface area contributed by atoms with Crippen LogP contribution in [0, 0.1) is 0 Å². The second-order valence-corrected chi connectivity index (χ2v) is 2.89. The molecule has 1 heterocycles. The number of likely N-dealkylation sites (N-methyl/N-ethyl adjacent to an activating group) is 1. The van der Waals surface area contributed by atoms with E-state index >= 15 is 0 Å². The molecule has 0 spiro atoms. The van der Waals surface area contributed by atoms with Gasteiger partial charge in [-0.05, 0) is 13.1 Å². The van der Waals surface area contributed by atoms with Crippen LogP contribution in [0.4, 0.5) is 4.79 Å². The van der Waals surface area contributed by atoms with Gasteiger partial charge in [-0.2, -0.15) is 0 Å². The number of nitrogens with zero attached hydrogens (tertiary/aromatic N) is 1. The Hall–Kier alpha value is -0.770. The molecule has 1 amide bonds. The molecule has 4 nitrogen and oxygen atoms in total. The number of amides is 1. The summed E-state index contributed by atoms with van der Waals surface area (Å²) in [6.07, 6.45) is -0.246. The summed E-state index contributed by atoms with van der Waals surface area (Å²) >= 11 is 0. The molecule has 0 aliphatic carbocycles. The van der Waals surface area contributed by atoms with E-state index in [4.69, 9.17) is 4.74 Å². The number of cyclic esters (lactones) is 1. The fourth-order valence-corrected chi connectivity index (χ4v) is 1.30. The van der Waals surface area contributed by atoms with Crippen molar-refractivity contribution in [2.45, 2.75) is 20.0 Å². The van der Waals surface area contributed by atoms with Gasteiger partial charge in [-0.3, -0.25) is 0 Å². The molecule has 1 atom stereocenters. The molecule has 70 valence electrons. The zero-order chi connectivity index (χ0) is 8.97. The molecule has 1 saturated heterocycles. The van der Waals surface area contributed by atoms with Gasteiger partial charge in [-0.1, -0.05) is 13.8 Å². The van der Waals surface area contributed by atoms with E-state index in [0.717, 1.165) is 19.6 Å². The van der Waals surface area contributed by atoms with Crippen molar-refractivity contribution in [2.75, 3.05) is 26.2 Å². The SMILES string of the molecule is CCN(CC)CC1CNC(=O)O1. The molecule has 1 fully saturated rings. The Balaban J connectivity index is 2.26. The van der Waals surface area contributed by atoms with Crippen LogP contribution in [0.1, 0.15) is 13.8 Å². The first kappa shape index (κ1) is 9.32. The van der Waals surface area contributed by atoms with Crippen LogP contribution in [0.5, 0.6) is 0 Å². The summed E-state index contributed by atoms with van der Waals surface area (Å²) in [5.41, 5.74) is 0. The predicted molar refractivity (Wildman–Crippen MR) is 46.1 cm³/mol. The van der Waals surface area contributed by atoms with E-state index in [-0.39, 0.29) is 12.2 Å². The van der Waals surface area contributed by atoms with Crippen molar-refractivity contribution in [3.63, 3.8) is 0 Å². The Morgan fingerprint density at radius 1 is 1.58 bits per heavy atom. The topological polar surface area (TPSA) is 41.6 Å². The van der Waals surface area contributed by atoms with Crippen LogP contribution >= 0.6 is 0 Å². The first-order chi connectivity index (χ1) is 5.76. The summed E-state index contributed by atoms with van der Waals surface area (Å²) in [6, 6.07) is 0. The summed E-state index contributed by atoms with van der Waals surface area (Å²) in [7, 11) is 0. The number of ether oxygens (including phenoxy) is 1. The molecular formula is C8H16N2O2. The first-order valence-electron chi connectivity index (χ1n) is 4.43. The number of rotatable bonds is 4. The van der Waals surface area contributed by atoms with Crippen molar-refractivity contribution in [3.05, 3.63) is 0 Å². The van der Waals surface area contributed by atoms with E-state index in [9.17, 15) is 4.79 Å². The van der Waals surface area contributed by atoms with Gasteiger partial charge >= 0.3 is 6.09 Å². The summed E-state index contributed by atoms with van der Waals surface area (Å²) in [5.74, 6) is 0. The van der Waals surface area contributed by atoms with Crippen molar-refractivity contribution in [2.24, 2.45) is 0 Å². The lowest BCUT2D eigenvalue weighted by Gasteiger charge is -2.20. The predicted octanol–water partition coefficient (Wildman–Crippen LogP) is 0.437. The lowest BCUT2D eigenvalue weighted by atomic mass is 10.3. The number of carbonyl (C=O) groups is 1. The van der Waals surface area contributed by atoms with Crippen molar-refractivity contribution in [1.82, 2.24) is 10.2 Å². The van der Waals surface area contributed by atoms with Gasteiger partial charge < -0.3 is 15.0 Å². The lowest BCUT2D eigenvalue weighted by Crippen LogP contribution is -2.34. The Morgan fingerprint density at radius 3 is 2.67 bits per heavy atom. The van der Waals surface area contributed by atoms with Crippen LogP contribution < -0.4 is 5.32 Å². The standard InChI is InChI=1S/C8H16N2O2/c1-3-10(4-2)6-7-5-9-8(11)12-7/h7H,3-6H2,1-2H3,(H,9,11). The molecule has 4 heteroatoms. The van der Waals surface area contributed by atoms with E-state index in [1.54, 1.807) is 0 Å². The molecule has 12 heavy (non-hydrogen) atoms. The largest absolute Gasteiger partial charge is 0.443 e. The van der Waals surface area contributed by atoms with Crippen LogP contribution in [0.15, 0.2) is 0 Å². The molecule has 0 aromatic rings. The Morgan fingerprint density at radius 2 is 2.25 bits per heavy atom. The second kappa shape index (κ2) is 4.30. The minimum Gasteiger partial charge on any atom is -0.443 e. The maximum atomic E-state index is 10.7. The van der Waals surface area contributed by atoms with Gasteiger partial charge in [0.15, 0.2) is 0 Å². The van der Waals surface area contributed by atoms with Crippen LogP contribution in [-0.2, 0) is 4.74 Å².